The molecular formula is C11H13IN2. The molecule has 0 radical (unpaired) electrons. The Labute approximate surface area is 94.6 Å². The Hall–Kier alpha value is -0.580. The zero-order chi connectivity index (χ0) is 9.97. The second-order valence-corrected chi connectivity index (χ2v) is 5.41. The van der Waals surface area contributed by atoms with E-state index in [1.165, 1.54) is 11.3 Å². The average molecular weight is 300 g/mol. The summed E-state index contributed by atoms with van der Waals surface area (Å²) in [5.74, 6) is 0.678. The fraction of sp³-hybridized carbons (Fsp3) is 0.364. The third kappa shape index (κ3) is 2.26. The first-order valence-corrected chi connectivity index (χ1v) is 6.93. The first-order valence-electron chi connectivity index (χ1n) is 4.71. The van der Waals surface area contributed by atoms with Crippen molar-refractivity contribution in [2.45, 2.75) is 20.3 Å². The molecule has 0 aliphatic carbocycles. The van der Waals surface area contributed by atoms with Gasteiger partial charge in [-0.05, 0) is 41.0 Å². The fourth-order valence-corrected chi connectivity index (χ4v) is 3.15. The molecule has 0 aromatic carbocycles. The lowest BCUT2D eigenvalue weighted by Gasteiger charge is -2.11. The number of hydrogen-bond donors (Lipinski definition) is 0. The SMILES string of the molecule is Cc1ccnc(C2=NI=CC(C)C2)c1. The molecule has 2 heterocycles. The van der Waals surface area contributed by atoms with Crippen molar-refractivity contribution >= 4 is 30.7 Å². The Morgan fingerprint density at radius 2 is 2.36 bits per heavy atom. The summed E-state index contributed by atoms with van der Waals surface area (Å²) in [6, 6.07) is 4.15. The van der Waals surface area contributed by atoms with Crippen LogP contribution >= 0.6 is 21.0 Å². The molecule has 0 saturated heterocycles. The van der Waals surface area contributed by atoms with Gasteiger partial charge in [-0.25, -0.2) is 3.21 Å². The first-order chi connectivity index (χ1) is 6.75. The molecule has 1 aliphatic heterocycles. The van der Waals surface area contributed by atoms with Crippen molar-refractivity contribution in [3.05, 3.63) is 29.6 Å². The summed E-state index contributed by atoms with van der Waals surface area (Å²) < 4.78 is 6.96. The number of halogens is 1. The Kier molecular flexibility index (Phi) is 3.05. The van der Waals surface area contributed by atoms with Crippen molar-refractivity contribution in [3.63, 3.8) is 0 Å². The van der Waals surface area contributed by atoms with E-state index in [-0.39, 0.29) is 21.0 Å². The van der Waals surface area contributed by atoms with Crippen LogP contribution in [0.4, 0.5) is 0 Å². The fourth-order valence-electron chi connectivity index (χ4n) is 1.41. The Morgan fingerprint density at radius 3 is 3.07 bits per heavy atom. The van der Waals surface area contributed by atoms with Gasteiger partial charge in [0.05, 0.1) is 11.4 Å². The summed E-state index contributed by atoms with van der Waals surface area (Å²) in [7, 11) is 0. The standard InChI is InChI=1S/C11H13IN2/c1-8-3-4-13-10(5-8)11-6-9(2)7-12-14-11/h3-5,7,9H,6H2,1-2H3. The summed E-state index contributed by atoms with van der Waals surface area (Å²) in [6.45, 7) is 4.35. The largest absolute Gasteiger partial charge is 0.255 e. The number of aryl methyl sites for hydroxylation is 1. The normalized spacial score (nSPS) is 21.3. The lowest BCUT2D eigenvalue weighted by atomic mass is 10.0. The van der Waals surface area contributed by atoms with Crippen LogP contribution in [0.15, 0.2) is 21.5 Å². The highest BCUT2D eigenvalue weighted by atomic mass is 127. The lowest BCUT2D eigenvalue weighted by Crippen LogP contribution is -2.11. The van der Waals surface area contributed by atoms with E-state index in [4.69, 9.17) is 0 Å². The van der Waals surface area contributed by atoms with Crippen LogP contribution in [-0.2, 0) is 0 Å². The van der Waals surface area contributed by atoms with Gasteiger partial charge >= 0.3 is 0 Å². The summed E-state index contributed by atoms with van der Waals surface area (Å²) in [6.07, 6.45) is 2.92. The summed E-state index contributed by atoms with van der Waals surface area (Å²) in [5, 5.41) is 0. The van der Waals surface area contributed by atoms with Gasteiger partial charge < -0.3 is 0 Å². The summed E-state index contributed by atoms with van der Waals surface area (Å²) in [4.78, 5) is 4.37. The number of aromatic nitrogens is 1. The van der Waals surface area contributed by atoms with Gasteiger partial charge in [0, 0.05) is 27.2 Å². The van der Waals surface area contributed by atoms with Gasteiger partial charge in [-0.3, -0.25) is 4.98 Å². The van der Waals surface area contributed by atoms with Gasteiger partial charge in [0.25, 0.3) is 0 Å². The van der Waals surface area contributed by atoms with Crippen LogP contribution in [0.5, 0.6) is 0 Å². The van der Waals surface area contributed by atoms with Gasteiger partial charge in [0.1, 0.15) is 0 Å². The molecule has 1 aromatic rings. The summed E-state index contributed by atoms with van der Waals surface area (Å²) in [5.41, 5.74) is 3.54. The molecule has 2 rings (SSSR count). The molecule has 0 bridgehead atoms. The number of rotatable bonds is 1. The second kappa shape index (κ2) is 4.29. The van der Waals surface area contributed by atoms with E-state index in [0.717, 1.165) is 12.1 Å². The minimum atomic E-state index is -0.0785. The van der Waals surface area contributed by atoms with Crippen LogP contribution in [-0.4, -0.2) is 14.7 Å². The Bertz CT molecular complexity index is 396. The van der Waals surface area contributed by atoms with Crippen molar-refractivity contribution in [1.82, 2.24) is 4.98 Å². The van der Waals surface area contributed by atoms with E-state index in [2.05, 4.69) is 32.1 Å². The van der Waals surface area contributed by atoms with Crippen LogP contribution in [0, 0.1) is 12.8 Å². The Morgan fingerprint density at radius 1 is 1.50 bits per heavy atom. The van der Waals surface area contributed by atoms with E-state index in [9.17, 15) is 0 Å². The van der Waals surface area contributed by atoms with E-state index in [1.54, 1.807) is 0 Å². The topological polar surface area (TPSA) is 25.2 Å². The highest BCUT2D eigenvalue weighted by Crippen LogP contribution is 2.19. The van der Waals surface area contributed by atoms with Crippen LogP contribution < -0.4 is 0 Å². The van der Waals surface area contributed by atoms with E-state index in [1.807, 2.05) is 12.3 Å². The second-order valence-electron chi connectivity index (χ2n) is 3.65. The van der Waals surface area contributed by atoms with Gasteiger partial charge in [0.15, 0.2) is 0 Å². The highest BCUT2D eigenvalue weighted by Gasteiger charge is 2.11. The lowest BCUT2D eigenvalue weighted by molar-refractivity contribution is 0.845. The van der Waals surface area contributed by atoms with E-state index >= 15 is 0 Å². The first kappa shape index (κ1) is 9.96. The smallest absolute Gasteiger partial charge is 0.0851 e. The summed E-state index contributed by atoms with van der Waals surface area (Å²) >= 11 is -0.0785. The Balaban J connectivity index is 2.31. The average Bonchev–Trinajstić information content (AvgIpc) is 2.18. The van der Waals surface area contributed by atoms with Gasteiger partial charge in [0.2, 0.25) is 0 Å². The quantitative estimate of drug-likeness (QED) is 0.732. The molecule has 1 aliphatic rings. The molecular weight excluding hydrogens is 287 g/mol. The number of hydrogen-bond acceptors (Lipinski definition) is 2. The predicted molar refractivity (Wildman–Crippen MR) is 69.4 cm³/mol. The van der Waals surface area contributed by atoms with Crippen LogP contribution in [0.3, 0.4) is 0 Å². The molecule has 0 saturated carbocycles. The molecule has 1 unspecified atom stereocenters. The van der Waals surface area contributed by atoms with Crippen molar-refractivity contribution in [2.24, 2.45) is 9.12 Å². The van der Waals surface area contributed by atoms with Crippen LogP contribution in [0.25, 0.3) is 0 Å². The molecule has 3 heteroatoms. The maximum absolute atomic E-state index is 4.60. The highest BCUT2D eigenvalue weighted by molar-refractivity contribution is 14.2. The van der Waals surface area contributed by atoms with Gasteiger partial charge in [-0.1, -0.05) is 6.92 Å². The van der Waals surface area contributed by atoms with Crippen molar-refractivity contribution in [2.75, 3.05) is 0 Å². The third-order valence-corrected chi connectivity index (χ3v) is 4.56. The minimum Gasteiger partial charge on any atom is -0.255 e. The van der Waals surface area contributed by atoms with E-state index in [0.29, 0.717) is 5.92 Å². The molecule has 14 heavy (non-hydrogen) atoms. The molecule has 0 N–H and O–H groups in total. The molecule has 74 valence electrons. The van der Waals surface area contributed by atoms with Crippen molar-refractivity contribution < 1.29 is 0 Å². The molecule has 1 atom stereocenters. The van der Waals surface area contributed by atoms with Crippen LogP contribution in [0.1, 0.15) is 24.6 Å². The molecule has 2 nitrogen and oxygen atoms in total. The maximum atomic E-state index is 4.60. The molecule has 0 spiro atoms. The predicted octanol–water partition coefficient (Wildman–Crippen LogP) is 2.91. The number of nitrogens with zero attached hydrogens (tertiary/aromatic N) is 2. The third-order valence-electron chi connectivity index (χ3n) is 2.15. The van der Waals surface area contributed by atoms with E-state index < -0.39 is 0 Å². The maximum Gasteiger partial charge on any atom is 0.0851 e. The van der Waals surface area contributed by atoms with Crippen molar-refractivity contribution in [1.29, 1.82) is 0 Å². The number of pyridine rings is 1. The van der Waals surface area contributed by atoms with Crippen LogP contribution in [0.2, 0.25) is 0 Å². The minimum absolute atomic E-state index is 0.0785. The van der Waals surface area contributed by atoms with Gasteiger partial charge in [-0.15, -0.1) is 0 Å². The van der Waals surface area contributed by atoms with Crippen molar-refractivity contribution in [3.8, 4) is 0 Å². The zero-order valence-electron chi connectivity index (χ0n) is 8.37. The monoisotopic (exact) mass is 300 g/mol. The molecule has 1 aromatic heterocycles. The van der Waals surface area contributed by atoms with Gasteiger partial charge in [-0.2, -0.15) is 0 Å². The molecule has 0 fully saturated rings. The molecule has 0 amide bonds. The zero-order valence-corrected chi connectivity index (χ0v) is 10.5.